The summed E-state index contributed by atoms with van der Waals surface area (Å²) in [4.78, 5) is 0. The molecule has 1 aromatic rings. The summed E-state index contributed by atoms with van der Waals surface area (Å²) < 4.78 is 0. The molecule has 3 aliphatic rings. The summed E-state index contributed by atoms with van der Waals surface area (Å²) in [5.41, 5.74) is 4.05. The topological polar surface area (TPSA) is 0 Å². The average Bonchev–Trinajstić information content (AvgIpc) is 2.39. The number of hydrogen-bond acceptors (Lipinski definition) is 0. The Morgan fingerprint density at radius 1 is 0.941 bits per heavy atom. The van der Waals surface area contributed by atoms with Crippen molar-refractivity contribution in [2.24, 2.45) is 11.8 Å². The lowest BCUT2D eigenvalue weighted by atomic mass is 9.49. The normalized spacial score (nSPS) is 39.3. The van der Waals surface area contributed by atoms with Crippen LogP contribution in [0.5, 0.6) is 0 Å². The Morgan fingerprint density at radius 3 is 2.82 bits per heavy atom. The second-order valence-corrected chi connectivity index (χ2v) is 6.52. The van der Waals surface area contributed by atoms with Crippen LogP contribution in [0, 0.1) is 11.8 Å². The maximum absolute atomic E-state index is 2.45. The van der Waals surface area contributed by atoms with E-state index in [4.69, 9.17) is 0 Å². The highest BCUT2D eigenvalue weighted by molar-refractivity contribution is 5.40. The van der Waals surface area contributed by atoms with Crippen LogP contribution in [-0.4, -0.2) is 0 Å². The molecule has 0 nitrogen and oxygen atoms in total. The van der Waals surface area contributed by atoms with Crippen molar-refractivity contribution in [1.82, 2.24) is 0 Å². The van der Waals surface area contributed by atoms with Crippen molar-refractivity contribution in [1.29, 1.82) is 0 Å². The fourth-order valence-electron chi connectivity index (χ4n) is 5.32. The molecule has 0 aliphatic heterocycles. The quantitative estimate of drug-likeness (QED) is 0.612. The first kappa shape index (κ1) is 10.2. The Bertz CT molecular complexity index is 429. The fraction of sp³-hybridized carbons (Fsp3) is 0.647. The van der Waals surface area contributed by atoms with Gasteiger partial charge in [-0.05, 0) is 60.5 Å². The standard InChI is InChI=1S/C17H22/c1-2-8-15-13(6-1)12-14-7-5-11-17(15)10-4-3-9-16(14)17/h1-2,6,8,14,16H,3-5,7,9-12H2/t14-,16+,17+/m1/s1. The van der Waals surface area contributed by atoms with Crippen molar-refractivity contribution < 1.29 is 0 Å². The Balaban J connectivity index is 1.90. The predicted molar refractivity (Wildman–Crippen MR) is 71.1 cm³/mol. The third kappa shape index (κ3) is 1.30. The molecule has 90 valence electrons. The van der Waals surface area contributed by atoms with E-state index < -0.39 is 0 Å². The first-order chi connectivity index (χ1) is 8.40. The van der Waals surface area contributed by atoms with E-state index in [0.717, 1.165) is 11.8 Å². The van der Waals surface area contributed by atoms with Gasteiger partial charge < -0.3 is 0 Å². The van der Waals surface area contributed by atoms with Crippen molar-refractivity contribution in [2.45, 2.75) is 56.8 Å². The maximum Gasteiger partial charge on any atom is -0.00133 e. The molecule has 17 heavy (non-hydrogen) atoms. The van der Waals surface area contributed by atoms with Gasteiger partial charge in [-0.15, -0.1) is 0 Å². The van der Waals surface area contributed by atoms with E-state index in [9.17, 15) is 0 Å². The minimum Gasteiger partial charge on any atom is -0.0620 e. The maximum atomic E-state index is 2.45. The van der Waals surface area contributed by atoms with Crippen LogP contribution in [0.1, 0.15) is 56.1 Å². The summed E-state index contributed by atoms with van der Waals surface area (Å²) in [6, 6.07) is 9.37. The third-order valence-corrected chi connectivity index (χ3v) is 5.90. The summed E-state index contributed by atoms with van der Waals surface area (Å²) in [6.07, 6.45) is 11.8. The second-order valence-electron chi connectivity index (χ2n) is 6.52. The molecule has 0 unspecified atom stereocenters. The van der Waals surface area contributed by atoms with Crippen LogP contribution in [-0.2, 0) is 11.8 Å². The average molecular weight is 226 g/mol. The number of fused-ring (bicyclic) bond motifs is 1. The van der Waals surface area contributed by atoms with E-state index in [0.29, 0.717) is 5.41 Å². The SMILES string of the molecule is c1ccc2c(c1)C[C@H]1CCC[C@@]23CCCC[C@@H]13. The summed E-state index contributed by atoms with van der Waals surface area (Å²) >= 11 is 0. The van der Waals surface area contributed by atoms with Crippen LogP contribution in [0.4, 0.5) is 0 Å². The van der Waals surface area contributed by atoms with Gasteiger partial charge in [-0.25, -0.2) is 0 Å². The van der Waals surface area contributed by atoms with Gasteiger partial charge in [-0.1, -0.05) is 43.5 Å². The Morgan fingerprint density at radius 2 is 1.82 bits per heavy atom. The number of rotatable bonds is 0. The van der Waals surface area contributed by atoms with Crippen LogP contribution >= 0.6 is 0 Å². The van der Waals surface area contributed by atoms with Crippen LogP contribution in [0.2, 0.25) is 0 Å². The van der Waals surface area contributed by atoms with Gasteiger partial charge in [0, 0.05) is 0 Å². The first-order valence-electron chi connectivity index (χ1n) is 7.48. The van der Waals surface area contributed by atoms with Crippen LogP contribution in [0.3, 0.4) is 0 Å². The molecule has 0 radical (unpaired) electrons. The lowest BCUT2D eigenvalue weighted by Gasteiger charge is -2.55. The number of hydrogen-bond donors (Lipinski definition) is 0. The molecule has 3 aliphatic carbocycles. The molecule has 3 atom stereocenters. The zero-order valence-corrected chi connectivity index (χ0v) is 10.6. The Hall–Kier alpha value is -0.780. The molecular weight excluding hydrogens is 204 g/mol. The molecule has 1 aromatic carbocycles. The zero-order valence-electron chi connectivity index (χ0n) is 10.6. The zero-order chi connectivity index (χ0) is 11.3. The highest BCUT2D eigenvalue weighted by Gasteiger charge is 2.50. The van der Waals surface area contributed by atoms with E-state index in [1.165, 1.54) is 51.4 Å². The Kier molecular flexibility index (Phi) is 2.16. The van der Waals surface area contributed by atoms with Gasteiger partial charge in [0.25, 0.3) is 0 Å². The first-order valence-corrected chi connectivity index (χ1v) is 7.48. The van der Waals surface area contributed by atoms with Gasteiger partial charge in [0.2, 0.25) is 0 Å². The van der Waals surface area contributed by atoms with Crippen molar-refractivity contribution in [2.75, 3.05) is 0 Å². The molecule has 0 aromatic heterocycles. The summed E-state index contributed by atoms with van der Waals surface area (Å²) in [5, 5.41) is 0. The lowest BCUT2D eigenvalue weighted by molar-refractivity contribution is 0.0523. The van der Waals surface area contributed by atoms with Gasteiger partial charge in [0.1, 0.15) is 0 Å². The highest BCUT2D eigenvalue weighted by Crippen LogP contribution is 2.58. The highest BCUT2D eigenvalue weighted by atomic mass is 14.5. The molecule has 0 amide bonds. The molecule has 2 bridgehead atoms. The van der Waals surface area contributed by atoms with Gasteiger partial charge >= 0.3 is 0 Å². The smallest absolute Gasteiger partial charge is 0.00133 e. The summed E-state index contributed by atoms with van der Waals surface area (Å²) in [5.74, 6) is 2.04. The van der Waals surface area contributed by atoms with Crippen molar-refractivity contribution in [3.8, 4) is 0 Å². The van der Waals surface area contributed by atoms with Gasteiger partial charge in [-0.2, -0.15) is 0 Å². The molecule has 0 heteroatoms. The molecule has 0 heterocycles. The molecule has 0 N–H and O–H groups in total. The van der Waals surface area contributed by atoms with Crippen LogP contribution < -0.4 is 0 Å². The van der Waals surface area contributed by atoms with Gasteiger partial charge in [0.15, 0.2) is 0 Å². The molecule has 0 saturated heterocycles. The van der Waals surface area contributed by atoms with E-state index >= 15 is 0 Å². The molecule has 4 rings (SSSR count). The Labute approximate surface area is 104 Å². The monoisotopic (exact) mass is 226 g/mol. The van der Waals surface area contributed by atoms with E-state index in [1.54, 1.807) is 11.1 Å². The van der Waals surface area contributed by atoms with Gasteiger partial charge in [0.05, 0.1) is 0 Å². The lowest BCUT2D eigenvalue weighted by Crippen LogP contribution is -2.49. The predicted octanol–water partition coefficient (Wildman–Crippen LogP) is 4.47. The number of benzene rings is 1. The fourth-order valence-corrected chi connectivity index (χ4v) is 5.32. The van der Waals surface area contributed by atoms with Crippen LogP contribution in [0.15, 0.2) is 24.3 Å². The second kappa shape index (κ2) is 3.60. The minimum absolute atomic E-state index is 0.607. The van der Waals surface area contributed by atoms with E-state index in [-0.39, 0.29) is 0 Å². The van der Waals surface area contributed by atoms with E-state index in [1.807, 2.05) is 0 Å². The summed E-state index contributed by atoms with van der Waals surface area (Å²) in [7, 11) is 0. The minimum atomic E-state index is 0.607. The van der Waals surface area contributed by atoms with Crippen molar-refractivity contribution in [3.05, 3.63) is 35.4 Å². The van der Waals surface area contributed by atoms with Crippen molar-refractivity contribution >= 4 is 0 Å². The molecular formula is C17H22. The third-order valence-electron chi connectivity index (χ3n) is 5.90. The van der Waals surface area contributed by atoms with Gasteiger partial charge in [-0.3, -0.25) is 0 Å². The van der Waals surface area contributed by atoms with Crippen LogP contribution in [0.25, 0.3) is 0 Å². The van der Waals surface area contributed by atoms with E-state index in [2.05, 4.69) is 24.3 Å². The molecule has 0 spiro atoms. The largest absolute Gasteiger partial charge is 0.0620 e. The molecule has 2 saturated carbocycles. The summed E-state index contributed by atoms with van der Waals surface area (Å²) in [6.45, 7) is 0. The van der Waals surface area contributed by atoms with Crippen molar-refractivity contribution in [3.63, 3.8) is 0 Å². The molecule has 2 fully saturated rings.